The predicted octanol–water partition coefficient (Wildman–Crippen LogP) is 7.52. The molecule has 0 atom stereocenters. The van der Waals surface area contributed by atoms with Crippen molar-refractivity contribution in [1.82, 2.24) is 9.99 Å². The zero-order valence-electron chi connectivity index (χ0n) is 25.0. The summed E-state index contributed by atoms with van der Waals surface area (Å²) in [6.07, 6.45) is 1.64. The molecule has 0 unspecified atom stereocenters. The lowest BCUT2D eigenvalue weighted by atomic mass is 10.1. The Kier molecular flexibility index (Phi) is 9.04. The molecule has 5 rings (SSSR count). The molecule has 44 heavy (non-hydrogen) atoms. The van der Waals surface area contributed by atoms with Crippen LogP contribution in [0.25, 0.3) is 5.69 Å². The Labute approximate surface area is 263 Å². The highest BCUT2D eigenvalue weighted by Crippen LogP contribution is 2.31. The van der Waals surface area contributed by atoms with Gasteiger partial charge in [-0.2, -0.15) is 5.10 Å². The fourth-order valence-electron chi connectivity index (χ4n) is 5.03. The minimum absolute atomic E-state index is 0.0507. The summed E-state index contributed by atoms with van der Waals surface area (Å²) in [7, 11) is -3.91. The summed E-state index contributed by atoms with van der Waals surface area (Å²) >= 11 is 6.27. The van der Waals surface area contributed by atoms with Crippen molar-refractivity contribution in [3.05, 3.63) is 147 Å². The van der Waals surface area contributed by atoms with Crippen molar-refractivity contribution in [2.24, 2.45) is 5.10 Å². The number of rotatable bonds is 9. The van der Waals surface area contributed by atoms with Crippen molar-refractivity contribution < 1.29 is 13.2 Å². The van der Waals surface area contributed by atoms with Crippen LogP contribution in [-0.2, 0) is 16.6 Å². The number of anilines is 1. The number of aromatic nitrogens is 1. The Bertz CT molecular complexity index is 1930. The molecule has 0 fully saturated rings. The second-order valence-corrected chi connectivity index (χ2v) is 12.9. The third-order valence-corrected chi connectivity index (χ3v) is 9.45. The number of carbonyl (C=O) groups excluding carboxylic acids is 1. The van der Waals surface area contributed by atoms with E-state index in [9.17, 15) is 13.2 Å². The quantitative estimate of drug-likeness (QED) is 0.136. The van der Waals surface area contributed by atoms with Gasteiger partial charge in [-0.1, -0.05) is 65.7 Å². The fourth-order valence-corrected chi connectivity index (χ4v) is 6.73. The molecule has 1 heterocycles. The Morgan fingerprint density at radius 1 is 0.886 bits per heavy atom. The van der Waals surface area contributed by atoms with E-state index in [-0.39, 0.29) is 17.3 Å². The van der Waals surface area contributed by atoms with Crippen molar-refractivity contribution in [2.45, 2.75) is 39.1 Å². The Morgan fingerprint density at radius 3 is 2.25 bits per heavy atom. The van der Waals surface area contributed by atoms with E-state index in [1.54, 1.807) is 79.0 Å². The third kappa shape index (κ3) is 6.61. The number of nitrogens with one attached hydrogen (secondary N) is 1. The number of halogens is 1. The molecule has 9 heteroatoms. The summed E-state index contributed by atoms with van der Waals surface area (Å²) in [6.45, 7) is 7.99. The van der Waals surface area contributed by atoms with Crippen molar-refractivity contribution in [3.8, 4) is 5.69 Å². The van der Waals surface area contributed by atoms with Crippen LogP contribution in [0.1, 0.15) is 44.0 Å². The average Bonchev–Trinajstić information content (AvgIpc) is 3.30. The summed E-state index contributed by atoms with van der Waals surface area (Å²) in [4.78, 5) is 13.0. The lowest BCUT2D eigenvalue weighted by Crippen LogP contribution is -2.31. The van der Waals surface area contributed by atoms with E-state index in [1.807, 2.05) is 26.8 Å². The molecular formula is C35H33ClN4O3S. The molecule has 0 spiro atoms. The summed E-state index contributed by atoms with van der Waals surface area (Å²) in [5, 5.41) is 4.63. The van der Waals surface area contributed by atoms with E-state index in [0.717, 1.165) is 28.2 Å². The van der Waals surface area contributed by atoms with Gasteiger partial charge in [-0.05, 0) is 93.4 Å². The van der Waals surface area contributed by atoms with E-state index in [0.29, 0.717) is 21.8 Å². The number of hydrogen-bond donors (Lipinski definition) is 1. The lowest BCUT2D eigenvalue weighted by molar-refractivity contribution is 0.0955. The molecule has 0 saturated carbocycles. The van der Waals surface area contributed by atoms with Crippen LogP contribution in [0.2, 0.25) is 5.02 Å². The summed E-state index contributed by atoms with van der Waals surface area (Å²) < 4.78 is 31.0. The van der Waals surface area contributed by atoms with Crippen molar-refractivity contribution in [3.63, 3.8) is 0 Å². The highest BCUT2D eigenvalue weighted by Gasteiger charge is 2.26. The highest BCUT2D eigenvalue weighted by molar-refractivity contribution is 7.92. The molecule has 224 valence electrons. The number of nitrogens with zero attached hydrogens (tertiary/aromatic N) is 3. The normalized spacial score (nSPS) is 11.6. The van der Waals surface area contributed by atoms with Crippen LogP contribution >= 0.6 is 11.6 Å². The fraction of sp³-hybridized carbons (Fsp3) is 0.143. The predicted molar refractivity (Wildman–Crippen MR) is 177 cm³/mol. The first kappa shape index (κ1) is 30.8. The van der Waals surface area contributed by atoms with Crippen molar-refractivity contribution >= 4 is 39.4 Å². The van der Waals surface area contributed by atoms with E-state index in [1.165, 1.54) is 9.87 Å². The highest BCUT2D eigenvalue weighted by atomic mass is 35.5. The maximum absolute atomic E-state index is 13.8. The number of carbonyl (C=O) groups is 1. The molecule has 1 aromatic heterocycles. The van der Waals surface area contributed by atoms with Crippen LogP contribution in [0, 0.1) is 27.7 Å². The van der Waals surface area contributed by atoms with Gasteiger partial charge in [0.2, 0.25) is 0 Å². The molecule has 0 aliphatic rings. The number of hydrazone groups is 1. The summed E-state index contributed by atoms with van der Waals surface area (Å²) in [5.41, 5.74) is 10.2. The van der Waals surface area contributed by atoms with Crippen LogP contribution in [0.4, 0.5) is 5.69 Å². The molecule has 7 nitrogen and oxygen atoms in total. The van der Waals surface area contributed by atoms with Gasteiger partial charge < -0.3 is 4.57 Å². The monoisotopic (exact) mass is 624 g/mol. The minimum atomic E-state index is -3.91. The lowest BCUT2D eigenvalue weighted by Gasteiger charge is -2.26. The molecule has 4 aromatic carbocycles. The topological polar surface area (TPSA) is 83.8 Å². The first-order chi connectivity index (χ1) is 21.0. The summed E-state index contributed by atoms with van der Waals surface area (Å²) in [5.74, 6) is -0.375. The molecule has 0 aliphatic heterocycles. The first-order valence-corrected chi connectivity index (χ1v) is 15.9. The maximum Gasteiger partial charge on any atom is 0.271 e. The minimum Gasteiger partial charge on any atom is -0.318 e. The van der Waals surface area contributed by atoms with Gasteiger partial charge in [0.15, 0.2) is 0 Å². The number of aryl methyl sites for hydroxylation is 3. The van der Waals surface area contributed by atoms with Crippen molar-refractivity contribution in [2.75, 3.05) is 4.31 Å². The maximum atomic E-state index is 13.8. The van der Waals surface area contributed by atoms with Gasteiger partial charge in [0.05, 0.1) is 23.3 Å². The van der Waals surface area contributed by atoms with Crippen LogP contribution < -0.4 is 9.73 Å². The van der Waals surface area contributed by atoms with E-state index < -0.39 is 10.0 Å². The molecule has 0 saturated heterocycles. The first-order valence-electron chi connectivity index (χ1n) is 14.1. The standard InChI is InChI=1S/C35H33ClN4O3S/c1-24-10-18-32(19-11-24)40-26(3)20-30(27(40)4)22-37-38-35(41)29-15-13-28(14-16-29)23-39(34-21-31(36)17-12-25(34)2)44(42,43)33-8-6-5-7-9-33/h5-22H,23H2,1-4H3,(H,38,41)/b37-22+. The van der Waals surface area contributed by atoms with E-state index >= 15 is 0 Å². The molecule has 5 aromatic rings. The van der Waals surface area contributed by atoms with Gasteiger partial charge in [0.1, 0.15) is 0 Å². The Balaban J connectivity index is 1.32. The van der Waals surface area contributed by atoms with E-state index in [4.69, 9.17) is 11.6 Å². The van der Waals surface area contributed by atoms with Gasteiger partial charge in [-0.15, -0.1) is 0 Å². The van der Waals surface area contributed by atoms with Gasteiger partial charge in [0.25, 0.3) is 15.9 Å². The zero-order valence-corrected chi connectivity index (χ0v) is 26.5. The Hall–Kier alpha value is -4.66. The molecule has 1 amide bonds. The van der Waals surface area contributed by atoms with E-state index in [2.05, 4.69) is 46.3 Å². The van der Waals surface area contributed by atoms with Gasteiger partial charge in [-0.3, -0.25) is 9.10 Å². The molecule has 0 aliphatic carbocycles. The van der Waals surface area contributed by atoms with Crippen LogP contribution in [-0.4, -0.2) is 25.1 Å². The number of benzene rings is 4. The molecule has 0 bridgehead atoms. The third-order valence-electron chi connectivity index (χ3n) is 7.45. The van der Waals surface area contributed by atoms with Gasteiger partial charge in [-0.25, -0.2) is 13.8 Å². The molecule has 0 radical (unpaired) electrons. The molecule has 1 N–H and O–H groups in total. The smallest absolute Gasteiger partial charge is 0.271 e. The van der Waals surface area contributed by atoms with Crippen molar-refractivity contribution in [1.29, 1.82) is 0 Å². The molecular weight excluding hydrogens is 592 g/mol. The number of hydrogen-bond acceptors (Lipinski definition) is 4. The van der Waals surface area contributed by atoms with Crippen LogP contribution in [0.15, 0.2) is 113 Å². The largest absolute Gasteiger partial charge is 0.318 e. The second kappa shape index (κ2) is 12.9. The zero-order chi connectivity index (χ0) is 31.4. The number of sulfonamides is 1. The average molecular weight is 625 g/mol. The SMILES string of the molecule is Cc1ccc(-n2c(C)cc(/C=N/NC(=O)c3ccc(CN(c4cc(Cl)ccc4C)S(=O)(=O)c4ccccc4)cc3)c2C)cc1. The van der Waals surface area contributed by atoms with Gasteiger partial charge >= 0.3 is 0 Å². The second-order valence-electron chi connectivity index (χ2n) is 10.6. The van der Waals surface area contributed by atoms with Crippen LogP contribution in [0.5, 0.6) is 0 Å². The summed E-state index contributed by atoms with van der Waals surface area (Å²) in [6, 6.07) is 30.6. The number of amides is 1. The van der Waals surface area contributed by atoms with Crippen LogP contribution in [0.3, 0.4) is 0 Å². The van der Waals surface area contributed by atoms with Gasteiger partial charge in [0, 0.05) is 33.2 Å². The Morgan fingerprint density at radius 2 is 1.57 bits per heavy atom.